The highest BCUT2D eigenvalue weighted by Gasteiger charge is 2.45. The number of hydrogen-bond donors (Lipinski definition) is 0. The van der Waals surface area contributed by atoms with Gasteiger partial charge in [0.2, 0.25) is 5.91 Å². The number of anilines is 1. The second-order valence-electron chi connectivity index (χ2n) is 9.98. The average molecular weight is 462 g/mol. The molecule has 0 aromatic heterocycles. The Morgan fingerprint density at radius 1 is 1.15 bits per heavy atom. The van der Waals surface area contributed by atoms with Gasteiger partial charge in [-0.2, -0.15) is 0 Å². The molecule has 2 saturated carbocycles. The van der Waals surface area contributed by atoms with Crippen LogP contribution in [-0.4, -0.2) is 31.7 Å². The summed E-state index contributed by atoms with van der Waals surface area (Å²) in [6.45, 7) is 4.40. The number of amides is 1. The lowest BCUT2D eigenvalue weighted by molar-refractivity contribution is -0.142. The summed E-state index contributed by atoms with van der Waals surface area (Å²) in [7, 11) is 3.07. The standard InChI is InChI=1S/C28H31NO5/c1-28(2)13-12-17-8-11-20(24(32-3)25(17)34-28)16-29(26(30)18-9-10-18)21-7-5-6-19(14-21)22-15-23(22)27(31)33-4/h5-8,11-14,18,22-23H,9-10,15-16H2,1-4H3/t22-,23+/m0/s1. The van der Waals surface area contributed by atoms with E-state index < -0.39 is 5.60 Å². The molecule has 3 aliphatic rings. The van der Waals surface area contributed by atoms with E-state index in [-0.39, 0.29) is 29.6 Å². The van der Waals surface area contributed by atoms with Gasteiger partial charge in [0.05, 0.1) is 26.7 Å². The molecule has 0 radical (unpaired) electrons. The fourth-order valence-corrected chi connectivity index (χ4v) is 4.71. The van der Waals surface area contributed by atoms with Crippen molar-refractivity contribution < 1.29 is 23.8 Å². The number of esters is 1. The Hall–Kier alpha value is -3.28. The minimum absolute atomic E-state index is 0.0640. The molecular weight excluding hydrogens is 430 g/mol. The SMILES string of the molecule is COC(=O)[C@@H]1C[C@H]1c1cccc(N(Cc2ccc3c(c2OC)OC(C)(C)C=C3)C(=O)C2CC2)c1. The Bertz CT molecular complexity index is 1160. The van der Waals surface area contributed by atoms with Crippen LogP contribution in [-0.2, 0) is 20.9 Å². The summed E-state index contributed by atoms with van der Waals surface area (Å²) < 4.78 is 17.0. The van der Waals surface area contributed by atoms with Crippen LogP contribution >= 0.6 is 0 Å². The topological polar surface area (TPSA) is 65.1 Å². The molecule has 1 aliphatic heterocycles. The minimum atomic E-state index is -0.433. The van der Waals surface area contributed by atoms with Crippen molar-refractivity contribution in [2.75, 3.05) is 19.1 Å². The first kappa shape index (κ1) is 22.5. The predicted molar refractivity (Wildman–Crippen MR) is 130 cm³/mol. The predicted octanol–water partition coefficient (Wildman–Crippen LogP) is 5.10. The number of ether oxygens (including phenoxy) is 3. The average Bonchev–Trinajstić information content (AvgIpc) is 3.74. The molecule has 2 aromatic carbocycles. The number of carbonyl (C=O) groups is 2. The summed E-state index contributed by atoms with van der Waals surface area (Å²) in [5, 5.41) is 0. The van der Waals surface area contributed by atoms with Crippen LogP contribution in [0, 0.1) is 11.8 Å². The van der Waals surface area contributed by atoms with Gasteiger partial charge in [0, 0.05) is 22.7 Å². The number of nitrogens with zero attached hydrogens (tertiary/aromatic N) is 1. The van der Waals surface area contributed by atoms with E-state index in [1.807, 2.05) is 61.2 Å². The maximum absolute atomic E-state index is 13.4. The van der Waals surface area contributed by atoms with Crippen LogP contribution in [0.2, 0.25) is 0 Å². The summed E-state index contributed by atoms with van der Waals surface area (Å²) in [6.07, 6.45) is 6.71. The van der Waals surface area contributed by atoms with Crippen LogP contribution in [0.5, 0.6) is 11.5 Å². The van der Waals surface area contributed by atoms with Crippen LogP contribution in [0.1, 0.15) is 55.7 Å². The molecule has 1 heterocycles. The van der Waals surface area contributed by atoms with E-state index in [0.717, 1.165) is 41.6 Å². The van der Waals surface area contributed by atoms with E-state index in [9.17, 15) is 9.59 Å². The molecule has 2 aromatic rings. The summed E-state index contributed by atoms with van der Waals surface area (Å²) in [5.41, 5.74) is 3.33. The minimum Gasteiger partial charge on any atom is -0.492 e. The Morgan fingerprint density at radius 3 is 2.65 bits per heavy atom. The number of fused-ring (bicyclic) bond motifs is 1. The Balaban J connectivity index is 1.47. The first-order valence-corrected chi connectivity index (χ1v) is 11.9. The Kier molecular flexibility index (Phi) is 5.62. The fraction of sp³-hybridized carbons (Fsp3) is 0.429. The number of carbonyl (C=O) groups excluding carboxylic acids is 2. The molecular formula is C28H31NO5. The monoisotopic (exact) mass is 461 g/mol. The summed E-state index contributed by atoms with van der Waals surface area (Å²) in [5.74, 6) is 1.43. The van der Waals surface area contributed by atoms with Gasteiger partial charge in [-0.25, -0.2) is 0 Å². The van der Waals surface area contributed by atoms with Gasteiger partial charge >= 0.3 is 5.97 Å². The maximum Gasteiger partial charge on any atom is 0.309 e. The first-order valence-electron chi connectivity index (χ1n) is 11.9. The number of hydrogen-bond acceptors (Lipinski definition) is 5. The third-order valence-corrected chi connectivity index (χ3v) is 6.88. The van der Waals surface area contributed by atoms with Gasteiger partial charge in [0.15, 0.2) is 11.5 Å². The highest BCUT2D eigenvalue weighted by molar-refractivity contribution is 5.96. The van der Waals surface area contributed by atoms with Gasteiger partial charge in [0.25, 0.3) is 0 Å². The van der Waals surface area contributed by atoms with E-state index in [4.69, 9.17) is 14.2 Å². The molecule has 34 heavy (non-hydrogen) atoms. The molecule has 5 rings (SSSR count). The lowest BCUT2D eigenvalue weighted by Crippen LogP contribution is -2.32. The second kappa shape index (κ2) is 8.49. The molecule has 0 spiro atoms. The van der Waals surface area contributed by atoms with Crippen LogP contribution < -0.4 is 14.4 Å². The Morgan fingerprint density at radius 2 is 1.94 bits per heavy atom. The molecule has 0 bridgehead atoms. The van der Waals surface area contributed by atoms with Crippen molar-refractivity contribution in [2.24, 2.45) is 11.8 Å². The van der Waals surface area contributed by atoms with Crippen molar-refractivity contribution in [3.63, 3.8) is 0 Å². The van der Waals surface area contributed by atoms with E-state index in [1.54, 1.807) is 7.11 Å². The van der Waals surface area contributed by atoms with Crippen molar-refractivity contribution in [3.05, 3.63) is 59.2 Å². The van der Waals surface area contributed by atoms with Crippen molar-refractivity contribution in [1.82, 2.24) is 0 Å². The highest BCUT2D eigenvalue weighted by Crippen LogP contribution is 2.49. The normalized spacial score (nSPS) is 21.8. The van der Waals surface area contributed by atoms with Crippen LogP contribution in [0.25, 0.3) is 6.08 Å². The van der Waals surface area contributed by atoms with Crippen LogP contribution in [0.15, 0.2) is 42.5 Å². The molecule has 2 atom stereocenters. The van der Waals surface area contributed by atoms with Crippen molar-refractivity contribution >= 4 is 23.6 Å². The second-order valence-corrected chi connectivity index (χ2v) is 9.98. The summed E-state index contributed by atoms with van der Waals surface area (Å²) in [6, 6.07) is 12.0. The van der Waals surface area contributed by atoms with E-state index in [1.165, 1.54) is 7.11 Å². The lowest BCUT2D eigenvalue weighted by atomic mass is 9.99. The molecule has 178 valence electrons. The zero-order valence-electron chi connectivity index (χ0n) is 20.2. The summed E-state index contributed by atoms with van der Waals surface area (Å²) in [4.78, 5) is 27.2. The van der Waals surface area contributed by atoms with Gasteiger partial charge in [-0.05, 0) is 62.8 Å². The van der Waals surface area contributed by atoms with Crippen molar-refractivity contribution in [1.29, 1.82) is 0 Å². The zero-order chi connectivity index (χ0) is 24.0. The Labute approximate surface area is 200 Å². The third kappa shape index (κ3) is 4.29. The molecule has 0 saturated heterocycles. The van der Waals surface area contributed by atoms with Crippen LogP contribution in [0.3, 0.4) is 0 Å². The fourth-order valence-electron chi connectivity index (χ4n) is 4.71. The smallest absolute Gasteiger partial charge is 0.309 e. The van der Waals surface area contributed by atoms with Gasteiger partial charge in [-0.3, -0.25) is 9.59 Å². The van der Waals surface area contributed by atoms with Crippen molar-refractivity contribution in [3.8, 4) is 11.5 Å². The lowest BCUT2D eigenvalue weighted by Gasteiger charge is -2.31. The molecule has 6 nitrogen and oxygen atoms in total. The van der Waals surface area contributed by atoms with E-state index >= 15 is 0 Å². The molecule has 2 fully saturated rings. The highest BCUT2D eigenvalue weighted by atomic mass is 16.5. The molecule has 0 N–H and O–H groups in total. The molecule has 0 unspecified atom stereocenters. The largest absolute Gasteiger partial charge is 0.492 e. The maximum atomic E-state index is 13.4. The van der Waals surface area contributed by atoms with E-state index in [0.29, 0.717) is 18.0 Å². The van der Waals surface area contributed by atoms with Crippen molar-refractivity contribution in [2.45, 2.75) is 51.2 Å². The van der Waals surface area contributed by atoms with Gasteiger partial charge in [-0.15, -0.1) is 0 Å². The quantitative estimate of drug-likeness (QED) is 0.537. The third-order valence-electron chi connectivity index (χ3n) is 6.88. The van der Waals surface area contributed by atoms with E-state index in [2.05, 4.69) is 6.08 Å². The summed E-state index contributed by atoms with van der Waals surface area (Å²) >= 11 is 0. The van der Waals surface area contributed by atoms with Gasteiger partial charge < -0.3 is 19.1 Å². The zero-order valence-corrected chi connectivity index (χ0v) is 20.2. The number of methoxy groups -OCH3 is 2. The van der Waals surface area contributed by atoms with Gasteiger partial charge in [-0.1, -0.05) is 30.3 Å². The number of rotatable bonds is 7. The molecule has 1 amide bonds. The first-order chi connectivity index (χ1) is 16.3. The number of benzene rings is 2. The van der Waals surface area contributed by atoms with Gasteiger partial charge in [0.1, 0.15) is 5.60 Å². The molecule has 6 heteroatoms. The van der Waals surface area contributed by atoms with Crippen LogP contribution in [0.4, 0.5) is 5.69 Å². The molecule has 2 aliphatic carbocycles.